The molecule has 96 valence electrons. The lowest BCUT2D eigenvalue weighted by molar-refractivity contribution is 0.289. The molecule has 0 aliphatic carbocycles. The van der Waals surface area contributed by atoms with E-state index in [1.165, 1.54) is 4.90 Å². The quantitative estimate of drug-likeness (QED) is 0.734. The van der Waals surface area contributed by atoms with E-state index >= 15 is 0 Å². The van der Waals surface area contributed by atoms with Gasteiger partial charge < -0.3 is 10.4 Å². The third kappa shape index (κ3) is 4.66. The second-order valence-corrected chi connectivity index (χ2v) is 5.62. The van der Waals surface area contributed by atoms with Crippen LogP contribution in [0.15, 0.2) is 23.2 Å². The monoisotopic (exact) mass is 254 g/mol. The van der Waals surface area contributed by atoms with Crippen LogP contribution in [0.1, 0.15) is 38.4 Å². The first-order chi connectivity index (χ1) is 8.21. The number of pyridine rings is 1. The Morgan fingerprint density at radius 2 is 2.24 bits per heavy atom. The Morgan fingerprint density at radius 3 is 2.71 bits per heavy atom. The predicted molar refractivity (Wildman–Crippen MR) is 73.4 cm³/mol. The van der Waals surface area contributed by atoms with Crippen molar-refractivity contribution in [1.29, 1.82) is 0 Å². The molecule has 2 unspecified atom stereocenters. The third-order valence-electron chi connectivity index (χ3n) is 2.75. The third-order valence-corrected chi connectivity index (χ3v) is 3.90. The molecule has 1 aromatic rings. The Hall–Kier alpha value is -0.580. The van der Waals surface area contributed by atoms with Gasteiger partial charge in [-0.3, -0.25) is 4.98 Å². The molecule has 0 radical (unpaired) electrons. The summed E-state index contributed by atoms with van der Waals surface area (Å²) in [6, 6.07) is 4.53. The highest BCUT2D eigenvalue weighted by molar-refractivity contribution is 7.99. The van der Waals surface area contributed by atoms with Gasteiger partial charge in [-0.05, 0) is 32.0 Å². The molecule has 0 bridgehead atoms. The Morgan fingerprint density at radius 1 is 1.47 bits per heavy atom. The number of aromatic nitrogens is 1. The van der Waals surface area contributed by atoms with Crippen molar-refractivity contribution < 1.29 is 5.11 Å². The lowest BCUT2D eigenvalue weighted by Crippen LogP contribution is -2.16. The highest BCUT2D eigenvalue weighted by Gasteiger charge is 2.09. The smallest absolute Gasteiger partial charge is 0.0573 e. The van der Waals surface area contributed by atoms with Crippen molar-refractivity contribution in [1.82, 2.24) is 10.3 Å². The molecule has 4 heteroatoms. The summed E-state index contributed by atoms with van der Waals surface area (Å²) in [5.74, 6) is 0. The van der Waals surface area contributed by atoms with Crippen molar-refractivity contribution >= 4 is 11.8 Å². The number of nitrogens with zero attached hydrogens (tertiary/aromatic N) is 1. The standard InChI is InChI=1S/C13H22N2OS/c1-4-12(14-3)13-6-5-11(9-15-13)17-10(2)7-8-16/h5-6,9-10,12,14,16H,4,7-8H2,1-3H3. The Labute approximate surface area is 108 Å². The van der Waals surface area contributed by atoms with Gasteiger partial charge in [-0.2, -0.15) is 0 Å². The van der Waals surface area contributed by atoms with Gasteiger partial charge in [-0.15, -0.1) is 11.8 Å². The van der Waals surface area contributed by atoms with Crippen molar-refractivity contribution in [2.75, 3.05) is 13.7 Å². The van der Waals surface area contributed by atoms with Crippen LogP contribution in [0.3, 0.4) is 0 Å². The van der Waals surface area contributed by atoms with Crippen LogP contribution in [-0.4, -0.2) is 29.0 Å². The summed E-state index contributed by atoms with van der Waals surface area (Å²) >= 11 is 1.76. The minimum atomic E-state index is 0.247. The van der Waals surface area contributed by atoms with Gasteiger partial charge in [0, 0.05) is 29.0 Å². The highest BCUT2D eigenvalue weighted by Crippen LogP contribution is 2.25. The zero-order chi connectivity index (χ0) is 12.7. The van der Waals surface area contributed by atoms with Crippen LogP contribution in [0, 0.1) is 0 Å². The molecular formula is C13H22N2OS. The molecule has 3 nitrogen and oxygen atoms in total. The number of hydrogen-bond donors (Lipinski definition) is 2. The lowest BCUT2D eigenvalue weighted by Gasteiger charge is -2.14. The Bertz CT molecular complexity index is 312. The van der Waals surface area contributed by atoms with Gasteiger partial charge in [0.1, 0.15) is 0 Å². The van der Waals surface area contributed by atoms with E-state index < -0.39 is 0 Å². The average molecular weight is 254 g/mol. The van der Waals surface area contributed by atoms with E-state index in [0.29, 0.717) is 11.3 Å². The fourth-order valence-corrected chi connectivity index (χ4v) is 2.65. The number of rotatable bonds is 7. The molecule has 0 fully saturated rings. The van der Waals surface area contributed by atoms with Gasteiger partial charge in [0.2, 0.25) is 0 Å². The van der Waals surface area contributed by atoms with Gasteiger partial charge in [0.25, 0.3) is 0 Å². The maximum absolute atomic E-state index is 8.86. The van der Waals surface area contributed by atoms with E-state index in [-0.39, 0.29) is 6.61 Å². The molecule has 0 aliphatic heterocycles. The number of hydrogen-bond acceptors (Lipinski definition) is 4. The van der Waals surface area contributed by atoms with E-state index in [9.17, 15) is 0 Å². The number of aliphatic hydroxyl groups excluding tert-OH is 1. The number of thioether (sulfide) groups is 1. The van der Waals surface area contributed by atoms with Crippen molar-refractivity contribution in [2.24, 2.45) is 0 Å². The number of nitrogens with one attached hydrogen (secondary N) is 1. The zero-order valence-corrected chi connectivity index (χ0v) is 11.6. The molecule has 0 aromatic carbocycles. The lowest BCUT2D eigenvalue weighted by atomic mass is 10.1. The SMILES string of the molecule is CCC(NC)c1ccc(SC(C)CCO)cn1. The van der Waals surface area contributed by atoms with E-state index in [1.807, 2.05) is 13.2 Å². The average Bonchev–Trinajstić information content (AvgIpc) is 2.33. The summed E-state index contributed by atoms with van der Waals surface area (Å²) < 4.78 is 0. The molecule has 1 rings (SSSR count). The predicted octanol–water partition coefficient (Wildman–Crippen LogP) is 2.62. The maximum atomic E-state index is 8.86. The van der Waals surface area contributed by atoms with Gasteiger partial charge in [0.15, 0.2) is 0 Å². The van der Waals surface area contributed by atoms with Crippen molar-refractivity contribution in [3.63, 3.8) is 0 Å². The first kappa shape index (κ1) is 14.5. The highest BCUT2D eigenvalue weighted by atomic mass is 32.2. The second kappa shape index (κ2) is 7.69. The molecule has 0 amide bonds. The van der Waals surface area contributed by atoms with Crippen molar-refractivity contribution in [2.45, 2.75) is 42.9 Å². The zero-order valence-electron chi connectivity index (χ0n) is 10.8. The molecule has 2 atom stereocenters. The molecule has 1 aromatic heterocycles. The van der Waals surface area contributed by atoms with E-state index in [1.54, 1.807) is 11.8 Å². The minimum Gasteiger partial charge on any atom is -0.396 e. The van der Waals surface area contributed by atoms with Crippen molar-refractivity contribution in [3.05, 3.63) is 24.0 Å². The summed E-state index contributed by atoms with van der Waals surface area (Å²) in [6.07, 6.45) is 3.78. The van der Waals surface area contributed by atoms with Crippen LogP contribution in [0.25, 0.3) is 0 Å². The molecule has 0 aliphatic rings. The fraction of sp³-hybridized carbons (Fsp3) is 0.615. The van der Waals surface area contributed by atoms with E-state index in [4.69, 9.17) is 5.11 Å². The molecular weight excluding hydrogens is 232 g/mol. The van der Waals surface area contributed by atoms with E-state index in [0.717, 1.165) is 18.5 Å². The topological polar surface area (TPSA) is 45.1 Å². The second-order valence-electron chi connectivity index (χ2n) is 4.11. The van der Waals surface area contributed by atoms with Gasteiger partial charge in [-0.25, -0.2) is 0 Å². The van der Waals surface area contributed by atoms with Gasteiger partial charge >= 0.3 is 0 Å². The molecule has 2 N–H and O–H groups in total. The fourth-order valence-electron chi connectivity index (χ4n) is 1.70. The number of aliphatic hydroxyl groups is 1. The molecule has 17 heavy (non-hydrogen) atoms. The van der Waals surface area contributed by atoms with Gasteiger partial charge in [-0.1, -0.05) is 13.8 Å². The summed E-state index contributed by atoms with van der Waals surface area (Å²) in [7, 11) is 1.96. The van der Waals surface area contributed by atoms with Crippen LogP contribution in [-0.2, 0) is 0 Å². The van der Waals surface area contributed by atoms with Crippen LogP contribution in [0.5, 0.6) is 0 Å². The summed E-state index contributed by atoms with van der Waals surface area (Å²) in [6.45, 7) is 4.52. The summed E-state index contributed by atoms with van der Waals surface area (Å²) in [5.41, 5.74) is 1.09. The summed E-state index contributed by atoms with van der Waals surface area (Å²) in [5, 5.41) is 12.5. The Balaban J connectivity index is 2.61. The first-order valence-corrected chi connectivity index (χ1v) is 7.00. The largest absolute Gasteiger partial charge is 0.396 e. The van der Waals surface area contributed by atoms with Crippen LogP contribution >= 0.6 is 11.8 Å². The maximum Gasteiger partial charge on any atom is 0.0573 e. The van der Waals surface area contributed by atoms with Crippen LogP contribution in [0.4, 0.5) is 0 Å². The molecule has 0 saturated carbocycles. The normalized spacial score (nSPS) is 14.6. The minimum absolute atomic E-state index is 0.247. The summed E-state index contributed by atoms with van der Waals surface area (Å²) in [4.78, 5) is 5.66. The van der Waals surface area contributed by atoms with Crippen molar-refractivity contribution in [3.8, 4) is 0 Å². The molecule has 0 saturated heterocycles. The Kier molecular flexibility index (Phi) is 6.55. The van der Waals surface area contributed by atoms with E-state index in [2.05, 4.69) is 36.3 Å². The van der Waals surface area contributed by atoms with Gasteiger partial charge in [0.05, 0.1) is 5.69 Å². The van der Waals surface area contributed by atoms with Crippen LogP contribution in [0.2, 0.25) is 0 Å². The molecule has 0 spiro atoms. The van der Waals surface area contributed by atoms with Crippen LogP contribution < -0.4 is 5.32 Å². The first-order valence-electron chi connectivity index (χ1n) is 6.12. The molecule has 1 heterocycles.